The molecule has 2 rings (SSSR count). The topological polar surface area (TPSA) is 54.5 Å². The molecule has 0 aliphatic carbocycles. The Bertz CT molecular complexity index is 868. The maximum Gasteiger partial charge on any atom is 2.00 e. The Morgan fingerprint density at radius 3 is 2.42 bits per heavy atom. The minimum Gasteiger partial charge on any atom is -0.358 e. The molecule has 4 nitrogen and oxygen atoms in total. The maximum absolute atomic E-state index is 13.2. The minimum absolute atomic E-state index is 0. The third-order valence-corrected chi connectivity index (χ3v) is 6.18. The zero-order chi connectivity index (χ0) is 23.1. The van der Waals surface area contributed by atoms with Crippen LogP contribution in [0, 0.1) is 38.5 Å². The van der Waals surface area contributed by atoms with Crippen LogP contribution in [-0.4, -0.2) is 31.6 Å². The Morgan fingerprint density at radius 2 is 1.88 bits per heavy atom. The van der Waals surface area contributed by atoms with Crippen molar-refractivity contribution in [3.8, 4) is 0 Å². The first kappa shape index (κ1) is 16.4. The molecule has 2 atom stereocenters. The SMILES string of the molecule is [2H]C([2H])([2H])C(C1CCN(S(=O)(=O)c2ccc(C)cc2)C[C@]([CH2-])(C)CC1=O)C([2H])([2H])[2H].[CH3-].[Rh+2]. The molecule has 1 radical (unpaired) electrons. The van der Waals surface area contributed by atoms with E-state index in [1.54, 1.807) is 19.1 Å². The number of nitrogens with zero attached hydrogens (tertiary/aromatic N) is 1. The van der Waals surface area contributed by atoms with E-state index in [4.69, 9.17) is 8.22 Å². The molecule has 0 saturated carbocycles. The van der Waals surface area contributed by atoms with Gasteiger partial charge in [0.05, 0.1) is 4.90 Å². The molecular weight excluding hydrogens is 437 g/mol. The second-order valence-electron chi connectivity index (χ2n) is 6.98. The van der Waals surface area contributed by atoms with Gasteiger partial charge in [-0.2, -0.15) is 4.31 Å². The van der Waals surface area contributed by atoms with Crippen molar-refractivity contribution in [1.82, 2.24) is 4.31 Å². The summed E-state index contributed by atoms with van der Waals surface area (Å²) in [5.41, 5.74) is -0.130. The largest absolute Gasteiger partial charge is 2.00 e. The van der Waals surface area contributed by atoms with Crippen molar-refractivity contribution in [2.45, 2.75) is 45.3 Å². The van der Waals surface area contributed by atoms with Crippen LogP contribution >= 0.6 is 0 Å². The van der Waals surface area contributed by atoms with Crippen LogP contribution in [0.25, 0.3) is 0 Å². The smallest absolute Gasteiger partial charge is 0.358 e. The number of rotatable bonds is 3. The van der Waals surface area contributed by atoms with Crippen molar-refractivity contribution in [2.75, 3.05) is 13.1 Å². The molecule has 0 aromatic heterocycles. The van der Waals surface area contributed by atoms with Gasteiger partial charge in [0.15, 0.2) is 0 Å². The van der Waals surface area contributed by atoms with E-state index in [1.165, 1.54) is 16.4 Å². The van der Waals surface area contributed by atoms with Gasteiger partial charge in [-0.25, -0.2) is 8.42 Å². The van der Waals surface area contributed by atoms with Gasteiger partial charge in [-0.05, 0) is 44.4 Å². The van der Waals surface area contributed by atoms with Crippen LogP contribution in [0.1, 0.15) is 47.3 Å². The van der Waals surface area contributed by atoms with Crippen molar-refractivity contribution in [2.24, 2.45) is 17.3 Å². The number of sulfonamides is 1. The standard InChI is InChI=1S/C19H28NO3S.CH3.Rh/c1-14(2)17-10-11-20(13-19(4,5)12-18(17)21)24(22,23)16-8-6-15(3)7-9-16;;/h6-9,14,17H,4,10-13H2,1-3,5H3;1H3;/q2*-1;+2/t17?,19-;;/m1../s1/i1D3,2D3;;. The third kappa shape index (κ3) is 5.97. The third-order valence-electron chi connectivity index (χ3n) is 4.32. The van der Waals surface area contributed by atoms with Crippen LogP contribution in [0.5, 0.6) is 0 Å². The van der Waals surface area contributed by atoms with Gasteiger partial charge in [0.2, 0.25) is 10.0 Å². The number of benzene rings is 1. The summed E-state index contributed by atoms with van der Waals surface area (Å²) in [5, 5.41) is 0. The van der Waals surface area contributed by atoms with E-state index in [-0.39, 0.29) is 57.7 Å². The maximum atomic E-state index is 13.2. The van der Waals surface area contributed by atoms with E-state index in [9.17, 15) is 13.2 Å². The number of ketones is 1. The zero-order valence-corrected chi connectivity index (χ0v) is 17.9. The Labute approximate surface area is 181 Å². The van der Waals surface area contributed by atoms with Gasteiger partial charge in [-0.15, -0.1) is 5.41 Å². The van der Waals surface area contributed by atoms with Crippen LogP contribution in [0.3, 0.4) is 0 Å². The van der Waals surface area contributed by atoms with Crippen molar-refractivity contribution < 1.29 is 40.9 Å². The van der Waals surface area contributed by atoms with Crippen LogP contribution in [0.15, 0.2) is 29.2 Å². The molecule has 1 fully saturated rings. The van der Waals surface area contributed by atoms with Crippen molar-refractivity contribution in [3.05, 3.63) is 44.2 Å². The van der Waals surface area contributed by atoms with Gasteiger partial charge in [0.1, 0.15) is 5.78 Å². The molecule has 149 valence electrons. The molecule has 6 heteroatoms. The molecule has 0 N–H and O–H groups in total. The second kappa shape index (κ2) is 9.57. The Hall–Kier alpha value is -0.577. The van der Waals surface area contributed by atoms with Gasteiger partial charge in [-0.1, -0.05) is 38.3 Å². The average molecular weight is 474 g/mol. The number of hydrogen-bond acceptors (Lipinski definition) is 3. The van der Waals surface area contributed by atoms with Crippen molar-refractivity contribution >= 4 is 15.8 Å². The van der Waals surface area contributed by atoms with E-state index in [1.807, 2.05) is 6.92 Å². The molecule has 1 heterocycles. The normalized spacial score (nSPS) is 29.4. The van der Waals surface area contributed by atoms with E-state index >= 15 is 0 Å². The summed E-state index contributed by atoms with van der Waals surface area (Å²) in [6.45, 7) is 1.44. The summed E-state index contributed by atoms with van der Waals surface area (Å²) >= 11 is 0. The van der Waals surface area contributed by atoms with Crippen LogP contribution in [0.4, 0.5) is 0 Å². The fraction of sp³-hybridized carbons (Fsp3) is 0.550. The molecule has 1 aromatic rings. The van der Waals surface area contributed by atoms with Gasteiger partial charge >= 0.3 is 19.5 Å². The summed E-state index contributed by atoms with van der Waals surface area (Å²) in [5.74, 6) is -3.69. The number of aryl methyl sites for hydroxylation is 1. The van der Waals surface area contributed by atoms with Crippen molar-refractivity contribution in [1.29, 1.82) is 0 Å². The minimum atomic E-state index is -3.93. The van der Waals surface area contributed by atoms with E-state index < -0.39 is 46.8 Å². The van der Waals surface area contributed by atoms with Gasteiger partial charge in [-0.3, -0.25) is 4.79 Å². The predicted molar refractivity (Wildman–Crippen MR) is 102 cm³/mol. The molecule has 1 aromatic carbocycles. The summed E-state index contributed by atoms with van der Waals surface area (Å²) in [6, 6.07) is 6.32. The Morgan fingerprint density at radius 1 is 1.31 bits per heavy atom. The van der Waals surface area contributed by atoms with E-state index in [0.29, 0.717) is 0 Å². The molecule has 1 aliphatic rings. The molecule has 1 unspecified atom stereocenters. The molecule has 1 aliphatic heterocycles. The molecule has 0 spiro atoms. The number of carbonyl (C=O) groups excluding carboxylic acids is 1. The Balaban J connectivity index is 0.00000480. The molecule has 1 saturated heterocycles. The quantitative estimate of drug-likeness (QED) is 0.493. The van der Waals surface area contributed by atoms with Crippen LogP contribution in [-0.2, 0) is 34.3 Å². The van der Waals surface area contributed by atoms with Crippen molar-refractivity contribution in [3.63, 3.8) is 0 Å². The average Bonchev–Trinajstić information content (AvgIpc) is 2.53. The fourth-order valence-corrected chi connectivity index (χ4v) is 4.58. The molecule has 0 bridgehead atoms. The summed E-state index contributed by atoms with van der Waals surface area (Å²) in [4.78, 5) is 13.0. The monoisotopic (exact) mass is 474 g/mol. The number of carbonyl (C=O) groups is 1. The van der Waals surface area contributed by atoms with Crippen LogP contribution < -0.4 is 0 Å². The van der Waals surface area contributed by atoms with Gasteiger partial charge in [0.25, 0.3) is 0 Å². The van der Waals surface area contributed by atoms with E-state index in [0.717, 1.165) is 5.56 Å². The summed E-state index contributed by atoms with van der Waals surface area (Å²) in [7, 11) is -3.93. The van der Waals surface area contributed by atoms with Gasteiger partial charge in [0, 0.05) is 20.7 Å². The summed E-state index contributed by atoms with van der Waals surface area (Å²) < 4.78 is 73.8. The predicted octanol–water partition coefficient (Wildman–Crippen LogP) is 3.91. The second-order valence-corrected chi connectivity index (χ2v) is 8.92. The number of hydrogen-bond donors (Lipinski definition) is 0. The van der Waals surface area contributed by atoms with Crippen LogP contribution in [0.2, 0.25) is 0 Å². The number of Topliss-reactive ketones (excluding diaryl/α,β-unsaturated/α-hetero) is 1. The molecule has 0 amide bonds. The first-order valence-corrected chi connectivity index (χ1v) is 9.34. The Kier molecular flexibility index (Phi) is 6.03. The molecule has 26 heavy (non-hydrogen) atoms. The van der Waals surface area contributed by atoms with E-state index in [2.05, 4.69) is 6.92 Å². The summed E-state index contributed by atoms with van der Waals surface area (Å²) in [6.07, 6.45) is -0.387. The molecular formula is C20H31NO3RhS. The van der Waals surface area contributed by atoms with Gasteiger partial charge < -0.3 is 14.4 Å². The zero-order valence-electron chi connectivity index (χ0n) is 21.4. The first-order valence-electron chi connectivity index (χ1n) is 10.9. The first-order chi connectivity index (χ1) is 13.4. The fourth-order valence-electron chi connectivity index (χ4n) is 2.97.